The summed E-state index contributed by atoms with van der Waals surface area (Å²) >= 11 is 0. The molecule has 0 saturated heterocycles. The molecule has 0 aliphatic heterocycles. The largest absolute Gasteiger partial charge is 0.445 e. The second-order valence-electron chi connectivity index (χ2n) is 6.86. The van der Waals surface area contributed by atoms with Crippen molar-refractivity contribution in [3.63, 3.8) is 0 Å². The second-order valence-corrected chi connectivity index (χ2v) is 6.86. The Labute approximate surface area is 172 Å². The van der Waals surface area contributed by atoms with E-state index in [2.05, 4.69) is 10.6 Å². The molecule has 2 rings (SSSR count). The first kappa shape index (κ1) is 22.3. The molecule has 2 N–H and O–H groups in total. The van der Waals surface area contributed by atoms with Gasteiger partial charge in [0.25, 0.3) is 0 Å². The fraction of sp³-hybridized carbons (Fsp3) is 0.391. The fourth-order valence-corrected chi connectivity index (χ4v) is 2.86. The number of rotatable bonds is 10. The molecule has 0 radical (unpaired) electrons. The summed E-state index contributed by atoms with van der Waals surface area (Å²) in [6.07, 6.45) is 1.16. The first-order chi connectivity index (χ1) is 14.1. The summed E-state index contributed by atoms with van der Waals surface area (Å²) in [4.78, 5) is 24.2. The van der Waals surface area contributed by atoms with Crippen LogP contribution in [-0.2, 0) is 22.7 Å². The zero-order chi connectivity index (χ0) is 20.9. The number of nitrogens with one attached hydrogen (secondary N) is 2. The van der Waals surface area contributed by atoms with Gasteiger partial charge in [0.2, 0.25) is 0 Å². The van der Waals surface area contributed by atoms with Crippen molar-refractivity contribution in [2.45, 2.75) is 58.4 Å². The predicted octanol–water partition coefficient (Wildman–Crippen LogP) is 4.79. The summed E-state index contributed by atoms with van der Waals surface area (Å²) < 4.78 is 10.6. The Hall–Kier alpha value is -3.02. The van der Waals surface area contributed by atoms with Crippen molar-refractivity contribution in [3.05, 3.63) is 71.8 Å². The van der Waals surface area contributed by atoms with Crippen LogP contribution < -0.4 is 10.6 Å². The molecule has 156 valence electrons. The first-order valence-corrected chi connectivity index (χ1v) is 10.0. The summed E-state index contributed by atoms with van der Waals surface area (Å²) in [6.45, 7) is 4.43. The van der Waals surface area contributed by atoms with E-state index in [1.54, 1.807) is 0 Å². The molecule has 2 amide bonds. The Balaban J connectivity index is 1.74. The number of alkyl carbamates (subject to hydrolysis) is 2. The molecule has 6 heteroatoms. The van der Waals surface area contributed by atoms with E-state index in [0.717, 1.165) is 24.0 Å². The molecule has 2 aromatic carbocycles. The lowest BCUT2D eigenvalue weighted by Crippen LogP contribution is -2.42. The van der Waals surface area contributed by atoms with Crippen LogP contribution in [0.2, 0.25) is 0 Å². The lowest BCUT2D eigenvalue weighted by molar-refractivity contribution is 0.130. The zero-order valence-electron chi connectivity index (χ0n) is 17.1. The highest BCUT2D eigenvalue weighted by molar-refractivity contribution is 5.68. The highest BCUT2D eigenvalue weighted by atomic mass is 16.6. The quantitative estimate of drug-likeness (QED) is 0.603. The van der Waals surface area contributed by atoms with Crippen molar-refractivity contribution < 1.29 is 19.1 Å². The van der Waals surface area contributed by atoms with Gasteiger partial charge in [0.1, 0.15) is 13.2 Å². The number of hydrogen-bond donors (Lipinski definition) is 2. The summed E-state index contributed by atoms with van der Waals surface area (Å²) in [6, 6.07) is 18.9. The van der Waals surface area contributed by atoms with E-state index >= 15 is 0 Å². The van der Waals surface area contributed by atoms with Crippen LogP contribution in [0.25, 0.3) is 0 Å². The standard InChI is InChI=1S/C23H30N2O4/c1-3-20(24-22(26)28-16-18-11-7-5-8-12-18)15-21(4-2)25-23(27)29-17-19-13-9-6-10-14-19/h5-14,20-21H,3-4,15-17H2,1-2H3,(H,24,26)(H,25,27). The molecule has 6 nitrogen and oxygen atoms in total. The average molecular weight is 399 g/mol. The van der Waals surface area contributed by atoms with E-state index in [0.29, 0.717) is 6.42 Å². The molecule has 0 fully saturated rings. The van der Waals surface area contributed by atoms with E-state index in [4.69, 9.17) is 9.47 Å². The molecule has 0 bridgehead atoms. The van der Waals surface area contributed by atoms with Gasteiger partial charge in [-0.05, 0) is 30.4 Å². The molecule has 0 heterocycles. The predicted molar refractivity (Wildman–Crippen MR) is 112 cm³/mol. The molecular weight excluding hydrogens is 368 g/mol. The second kappa shape index (κ2) is 12.4. The fourth-order valence-electron chi connectivity index (χ4n) is 2.86. The molecule has 2 aromatic rings. The van der Waals surface area contributed by atoms with Gasteiger partial charge < -0.3 is 20.1 Å². The van der Waals surface area contributed by atoms with Crippen LogP contribution in [0.5, 0.6) is 0 Å². The first-order valence-electron chi connectivity index (χ1n) is 10.0. The lowest BCUT2D eigenvalue weighted by Gasteiger charge is -2.23. The number of carbonyl (C=O) groups is 2. The molecule has 2 atom stereocenters. The smallest absolute Gasteiger partial charge is 0.407 e. The molecule has 0 aromatic heterocycles. The van der Waals surface area contributed by atoms with Crippen molar-refractivity contribution in [1.82, 2.24) is 10.6 Å². The summed E-state index contributed by atoms with van der Waals surface area (Å²) in [5, 5.41) is 5.76. The van der Waals surface area contributed by atoms with Crippen LogP contribution in [0.15, 0.2) is 60.7 Å². The number of benzene rings is 2. The SMILES string of the molecule is CCC(CC(CC)NC(=O)OCc1ccccc1)NC(=O)OCc1ccccc1. The monoisotopic (exact) mass is 398 g/mol. The van der Waals surface area contributed by atoms with Crippen LogP contribution in [0, 0.1) is 0 Å². The van der Waals surface area contributed by atoms with E-state index < -0.39 is 12.2 Å². The maximum absolute atomic E-state index is 12.1. The van der Waals surface area contributed by atoms with Crippen LogP contribution in [0.1, 0.15) is 44.2 Å². The minimum Gasteiger partial charge on any atom is -0.445 e. The van der Waals surface area contributed by atoms with Gasteiger partial charge in [-0.25, -0.2) is 9.59 Å². The van der Waals surface area contributed by atoms with Gasteiger partial charge in [-0.15, -0.1) is 0 Å². The van der Waals surface area contributed by atoms with E-state index in [1.165, 1.54) is 0 Å². The Morgan fingerprint density at radius 2 is 1.10 bits per heavy atom. The maximum atomic E-state index is 12.1. The third-order valence-electron chi connectivity index (χ3n) is 4.62. The third kappa shape index (κ3) is 8.68. The van der Waals surface area contributed by atoms with Gasteiger partial charge in [-0.3, -0.25) is 0 Å². The van der Waals surface area contributed by atoms with Gasteiger partial charge in [-0.1, -0.05) is 74.5 Å². The van der Waals surface area contributed by atoms with Crippen molar-refractivity contribution in [2.75, 3.05) is 0 Å². The van der Waals surface area contributed by atoms with Crippen LogP contribution in [0.4, 0.5) is 9.59 Å². The minimum atomic E-state index is -0.456. The Morgan fingerprint density at radius 3 is 1.45 bits per heavy atom. The van der Waals surface area contributed by atoms with Gasteiger partial charge in [0, 0.05) is 12.1 Å². The van der Waals surface area contributed by atoms with Gasteiger partial charge in [0.15, 0.2) is 0 Å². The van der Waals surface area contributed by atoms with Crippen LogP contribution in [0.3, 0.4) is 0 Å². The number of ether oxygens (including phenoxy) is 2. The molecular formula is C23H30N2O4. The van der Waals surface area contributed by atoms with Crippen LogP contribution in [-0.4, -0.2) is 24.3 Å². The van der Waals surface area contributed by atoms with E-state index in [9.17, 15) is 9.59 Å². The molecule has 0 aliphatic carbocycles. The molecule has 29 heavy (non-hydrogen) atoms. The molecule has 0 spiro atoms. The van der Waals surface area contributed by atoms with E-state index in [-0.39, 0.29) is 25.3 Å². The van der Waals surface area contributed by atoms with Gasteiger partial charge in [0.05, 0.1) is 0 Å². The van der Waals surface area contributed by atoms with Crippen LogP contribution >= 0.6 is 0 Å². The summed E-state index contributed by atoms with van der Waals surface area (Å²) in [5.41, 5.74) is 1.87. The Bertz CT molecular complexity index is 674. The van der Waals surface area contributed by atoms with Crippen molar-refractivity contribution in [2.24, 2.45) is 0 Å². The third-order valence-corrected chi connectivity index (χ3v) is 4.62. The minimum absolute atomic E-state index is 0.0994. The number of carbonyl (C=O) groups excluding carboxylic acids is 2. The average Bonchev–Trinajstić information content (AvgIpc) is 2.76. The highest BCUT2D eigenvalue weighted by Crippen LogP contribution is 2.08. The number of hydrogen-bond acceptors (Lipinski definition) is 4. The van der Waals surface area contributed by atoms with Gasteiger partial charge >= 0.3 is 12.2 Å². The molecule has 2 unspecified atom stereocenters. The topological polar surface area (TPSA) is 76.7 Å². The summed E-state index contributed by atoms with van der Waals surface area (Å²) in [5.74, 6) is 0. The zero-order valence-corrected chi connectivity index (χ0v) is 17.1. The van der Waals surface area contributed by atoms with Crippen molar-refractivity contribution >= 4 is 12.2 Å². The Kier molecular flexibility index (Phi) is 9.55. The number of amides is 2. The Morgan fingerprint density at radius 1 is 0.724 bits per heavy atom. The summed E-state index contributed by atoms with van der Waals surface area (Å²) in [7, 11) is 0. The molecule has 0 aliphatic rings. The van der Waals surface area contributed by atoms with Gasteiger partial charge in [-0.2, -0.15) is 0 Å². The van der Waals surface area contributed by atoms with Crippen molar-refractivity contribution in [3.8, 4) is 0 Å². The lowest BCUT2D eigenvalue weighted by atomic mass is 10.0. The van der Waals surface area contributed by atoms with Crippen molar-refractivity contribution in [1.29, 1.82) is 0 Å². The highest BCUT2D eigenvalue weighted by Gasteiger charge is 2.19. The normalized spacial score (nSPS) is 12.5. The maximum Gasteiger partial charge on any atom is 0.407 e. The van der Waals surface area contributed by atoms with E-state index in [1.807, 2.05) is 74.5 Å². The molecule has 0 saturated carbocycles.